The largest absolute Gasteiger partial charge is 0.449 e. The molecule has 10 aromatic carbocycles. The van der Waals surface area contributed by atoms with E-state index in [1.807, 2.05) is 6.07 Å². The van der Waals surface area contributed by atoms with E-state index in [2.05, 4.69) is 235 Å². The summed E-state index contributed by atoms with van der Waals surface area (Å²) >= 11 is 0. The molecule has 0 unspecified atom stereocenters. The molecule has 1 heterocycles. The van der Waals surface area contributed by atoms with Gasteiger partial charge in [0, 0.05) is 16.9 Å². The highest BCUT2D eigenvalue weighted by Crippen LogP contribution is 2.67. The zero-order valence-electron chi connectivity index (χ0n) is 34.8. The fraction of sp³-hybridized carbons (Fsp3) is 0.0164. The Labute approximate surface area is 372 Å². The Morgan fingerprint density at radius 2 is 0.781 bits per heavy atom. The number of anilines is 3. The summed E-state index contributed by atoms with van der Waals surface area (Å²) in [5.41, 5.74) is 18.9. The standard InChI is InChI=1S/C61H39NO2/c1-4-18-40(19-5-1)43-24-16-25-46(37-43)62(47-38-44(41-20-6-2-7-21-41)36-45(39-47)42-22-8-3-9-23-42)55-32-17-33-56-59(55)64-60-57(63-56)35-34-54-58(60)50-28-12-15-31-53(50)61(54)51-29-13-10-26-48(51)49-27-11-14-30-52(49)61/h1-39H. The normalized spacial score (nSPS) is 13.1. The molecule has 64 heavy (non-hydrogen) atoms. The summed E-state index contributed by atoms with van der Waals surface area (Å²) < 4.78 is 14.5. The smallest absolute Gasteiger partial charge is 0.194 e. The Morgan fingerprint density at radius 1 is 0.297 bits per heavy atom. The van der Waals surface area contributed by atoms with Gasteiger partial charge in [-0.2, -0.15) is 0 Å². The van der Waals surface area contributed by atoms with Crippen LogP contribution in [0.4, 0.5) is 17.1 Å². The van der Waals surface area contributed by atoms with Gasteiger partial charge in [-0.3, -0.25) is 0 Å². The molecule has 0 saturated carbocycles. The van der Waals surface area contributed by atoms with Crippen LogP contribution in [0.5, 0.6) is 23.0 Å². The van der Waals surface area contributed by atoms with E-state index in [9.17, 15) is 0 Å². The summed E-state index contributed by atoms with van der Waals surface area (Å²) in [5.74, 6) is 2.74. The van der Waals surface area contributed by atoms with Gasteiger partial charge in [-0.1, -0.05) is 188 Å². The molecular weight excluding hydrogens is 779 g/mol. The first-order chi connectivity index (χ1) is 31.7. The Morgan fingerprint density at radius 3 is 1.41 bits per heavy atom. The molecule has 2 aliphatic carbocycles. The zero-order valence-corrected chi connectivity index (χ0v) is 34.8. The van der Waals surface area contributed by atoms with E-state index in [-0.39, 0.29) is 0 Å². The number of ether oxygens (including phenoxy) is 2. The molecule has 0 atom stereocenters. The van der Waals surface area contributed by atoms with Crippen LogP contribution in [0.25, 0.3) is 55.6 Å². The van der Waals surface area contributed by atoms with Crippen molar-refractivity contribution in [3.63, 3.8) is 0 Å². The van der Waals surface area contributed by atoms with Gasteiger partial charge in [0.25, 0.3) is 0 Å². The summed E-state index contributed by atoms with van der Waals surface area (Å²) in [4.78, 5) is 2.33. The fourth-order valence-corrected chi connectivity index (χ4v) is 10.6. The van der Waals surface area contributed by atoms with Crippen molar-refractivity contribution >= 4 is 17.1 Å². The topological polar surface area (TPSA) is 21.7 Å². The molecule has 10 aromatic rings. The first kappa shape index (κ1) is 36.3. The van der Waals surface area contributed by atoms with Crippen LogP contribution in [0.2, 0.25) is 0 Å². The number of rotatable bonds is 6. The van der Waals surface area contributed by atoms with Gasteiger partial charge in [0.15, 0.2) is 23.0 Å². The molecule has 300 valence electrons. The summed E-state index contributed by atoms with van der Waals surface area (Å²) in [6, 6.07) is 84.8. The van der Waals surface area contributed by atoms with Gasteiger partial charge in [0.2, 0.25) is 0 Å². The van der Waals surface area contributed by atoms with E-state index < -0.39 is 5.41 Å². The molecule has 13 rings (SSSR count). The third-order valence-electron chi connectivity index (χ3n) is 13.3. The minimum atomic E-state index is -0.507. The Bertz CT molecular complexity index is 3350. The minimum absolute atomic E-state index is 0.507. The summed E-state index contributed by atoms with van der Waals surface area (Å²) in [6.07, 6.45) is 0. The van der Waals surface area contributed by atoms with Crippen molar-refractivity contribution in [1.29, 1.82) is 0 Å². The number of nitrogens with zero attached hydrogens (tertiary/aromatic N) is 1. The lowest BCUT2D eigenvalue weighted by Crippen LogP contribution is -2.25. The van der Waals surface area contributed by atoms with Gasteiger partial charge in [0.1, 0.15) is 0 Å². The Hall–Kier alpha value is -8.40. The number of para-hydroxylation sites is 1. The monoisotopic (exact) mass is 817 g/mol. The highest BCUT2D eigenvalue weighted by Gasteiger charge is 2.53. The van der Waals surface area contributed by atoms with Crippen molar-refractivity contribution in [2.45, 2.75) is 5.41 Å². The number of benzene rings is 10. The molecule has 0 radical (unpaired) electrons. The van der Waals surface area contributed by atoms with Crippen molar-refractivity contribution in [2.24, 2.45) is 0 Å². The number of hydrogen-bond donors (Lipinski definition) is 0. The molecule has 3 heteroatoms. The molecular formula is C61H39NO2. The van der Waals surface area contributed by atoms with Crippen LogP contribution >= 0.6 is 0 Å². The maximum Gasteiger partial charge on any atom is 0.194 e. The third kappa shape index (κ3) is 5.41. The second kappa shape index (κ2) is 14.3. The molecule has 0 bridgehead atoms. The second-order valence-electron chi connectivity index (χ2n) is 16.8. The molecule has 1 spiro atoms. The maximum absolute atomic E-state index is 7.49. The van der Waals surface area contributed by atoms with Crippen molar-refractivity contribution in [3.8, 4) is 78.6 Å². The molecule has 3 nitrogen and oxygen atoms in total. The molecule has 1 aliphatic heterocycles. The van der Waals surface area contributed by atoms with Crippen LogP contribution in [0.3, 0.4) is 0 Å². The molecule has 0 fully saturated rings. The van der Waals surface area contributed by atoms with Gasteiger partial charge in [-0.25, -0.2) is 0 Å². The van der Waals surface area contributed by atoms with E-state index in [1.165, 1.54) is 33.4 Å². The molecule has 0 amide bonds. The molecule has 0 N–H and O–H groups in total. The van der Waals surface area contributed by atoms with Crippen LogP contribution in [0.1, 0.15) is 22.3 Å². The molecule has 0 aromatic heterocycles. The van der Waals surface area contributed by atoms with Crippen molar-refractivity contribution in [3.05, 3.63) is 259 Å². The van der Waals surface area contributed by atoms with E-state index >= 15 is 0 Å². The van der Waals surface area contributed by atoms with Gasteiger partial charge in [-0.15, -0.1) is 0 Å². The van der Waals surface area contributed by atoms with Crippen LogP contribution in [-0.2, 0) is 5.41 Å². The van der Waals surface area contributed by atoms with Crippen molar-refractivity contribution in [1.82, 2.24) is 0 Å². The zero-order chi connectivity index (χ0) is 42.2. The van der Waals surface area contributed by atoms with E-state index in [0.29, 0.717) is 17.2 Å². The lowest BCUT2D eigenvalue weighted by molar-refractivity contribution is 0.361. The van der Waals surface area contributed by atoms with E-state index in [1.54, 1.807) is 0 Å². The first-order valence-corrected chi connectivity index (χ1v) is 21.9. The Balaban J connectivity index is 1.04. The third-order valence-corrected chi connectivity index (χ3v) is 13.3. The van der Waals surface area contributed by atoms with Gasteiger partial charge >= 0.3 is 0 Å². The first-order valence-electron chi connectivity index (χ1n) is 21.9. The predicted octanol–water partition coefficient (Wildman–Crippen LogP) is 16.4. The highest BCUT2D eigenvalue weighted by atomic mass is 16.6. The van der Waals surface area contributed by atoms with Gasteiger partial charge in [-0.05, 0) is 121 Å². The summed E-state index contributed by atoms with van der Waals surface area (Å²) in [5, 5.41) is 0. The van der Waals surface area contributed by atoms with Crippen LogP contribution in [-0.4, -0.2) is 0 Å². The number of hydrogen-bond acceptors (Lipinski definition) is 3. The highest BCUT2D eigenvalue weighted by molar-refractivity contribution is 5.98. The minimum Gasteiger partial charge on any atom is -0.449 e. The van der Waals surface area contributed by atoms with Crippen molar-refractivity contribution < 1.29 is 9.47 Å². The van der Waals surface area contributed by atoms with Crippen molar-refractivity contribution in [2.75, 3.05) is 4.90 Å². The molecule has 0 saturated heterocycles. The lowest BCUT2D eigenvalue weighted by Gasteiger charge is -2.32. The Kier molecular flexibility index (Phi) is 8.13. The van der Waals surface area contributed by atoms with E-state index in [0.717, 1.165) is 67.3 Å². The number of fused-ring (bicyclic) bond motifs is 13. The van der Waals surface area contributed by atoms with Crippen LogP contribution in [0, 0.1) is 0 Å². The fourth-order valence-electron chi connectivity index (χ4n) is 10.6. The second-order valence-corrected chi connectivity index (χ2v) is 16.8. The average molecular weight is 818 g/mol. The molecule has 3 aliphatic rings. The van der Waals surface area contributed by atoms with E-state index in [4.69, 9.17) is 9.47 Å². The summed E-state index contributed by atoms with van der Waals surface area (Å²) in [6.45, 7) is 0. The average Bonchev–Trinajstić information content (AvgIpc) is 3.84. The lowest BCUT2D eigenvalue weighted by atomic mass is 9.70. The predicted molar refractivity (Wildman–Crippen MR) is 260 cm³/mol. The van der Waals surface area contributed by atoms with Gasteiger partial charge in [0.05, 0.1) is 11.1 Å². The quantitative estimate of drug-likeness (QED) is 0.167. The van der Waals surface area contributed by atoms with Crippen LogP contribution in [0.15, 0.2) is 237 Å². The summed E-state index contributed by atoms with van der Waals surface area (Å²) in [7, 11) is 0. The van der Waals surface area contributed by atoms with Gasteiger partial charge < -0.3 is 14.4 Å². The SMILES string of the molecule is c1ccc(-c2cccc(N(c3cc(-c4ccccc4)cc(-c4ccccc4)c3)c3cccc4c3Oc3c(ccc5c3-c3ccccc3C53c5ccccc5-c5ccccc53)O4)c2)cc1. The maximum atomic E-state index is 7.49. The van der Waals surface area contributed by atoms with Crippen LogP contribution < -0.4 is 14.4 Å².